The molecule has 1 N–H and O–H groups in total. The highest BCUT2D eigenvalue weighted by atomic mass is 16.5. The first-order valence-corrected chi connectivity index (χ1v) is 7.71. The lowest BCUT2D eigenvalue weighted by Crippen LogP contribution is -2.24. The van der Waals surface area contributed by atoms with Crippen molar-refractivity contribution in [2.24, 2.45) is 0 Å². The van der Waals surface area contributed by atoms with Crippen molar-refractivity contribution in [1.82, 2.24) is 5.32 Å². The maximum absolute atomic E-state index is 6.00. The van der Waals surface area contributed by atoms with Gasteiger partial charge in [-0.1, -0.05) is 25.0 Å². The second-order valence-electron chi connectivity index (χ2n) is 6.15. The Labute approximate surface area is 122 Å². The molecule has 112 valence electrons. The third kappa shape index (κ3) is 4.14. The van der Waals surface area contributed by atoms with E-state index in [1.807, 2.05) is 13.1 Å². The van der Waals surface area contributed by atoms with Gasteiger partial charge in [-0.3, -0.25) is 0 Å². The Bertz CT molecular complexity index is 429. The van der Waals surface area contributed by atoms with E-state index >= 15 is 0 Å². The third-order valence-electron chi connectivity index (χ3n) is 3.63. The van der Waals surface area contributed by atoms with Crippen LogP contribution in [0, 0.1) is 0 Å². The van der Waals surface area contributed by atoms with Gasteiger partial charge in [0.25, 0.3) is 0 Å². The number of fused-ring (bicyclic) bond motifs is 1. The van der Waals surface area contributed by atoms with Crippen LogP contribution in [0.15, 0.2) is 18.2 Å². The molecule has 0 unspecified atom stereocenters. The third-order valence-corrected chi connectivity index (χ3v) is 3.63. The molecular formula is C17H27NO2. The minimum atomic E-state index is -0.102. The first-order chi connectivity index (χ1) is 9.62. The van der Waals surface area contributed by atoms with Crippen LogP contribution in [0.25, 0.3) is 0 Å². The molecule has 3 nitrogen and oxygen atoms in total. The number of para-hydroxylation sites is 1. The monoisotopic (exact) mass is 277 g/mol. The van der Waals surface area contributed by atoms with E-state index in [1.54, 1.807) is 0 Å². The molecule has 3 heteroatoms. The summed E-state index contributed by atoms with van der Waals surface area (Å²) in [5.41, 5.74) is 1.16. The molecule has 1 aliphatic rings. The van der Waals surface area contributed by atoms with E-state index in [4.69, 9.17) is 9.47 Å². The highest BCUT2D eigenvalue weighted by molar-refractivity contribution is 5.50. The largest absolute Gasteiger partial charge is 0.490 e. The van der Waals surface area contributed by atoms with Crippen LogP contribution in [0.2, 0.25) is 0 Å². The van der Waals surface area contributed by atoms with Crippen LogP contribution < -0.4 is 14.8 Å². The summed E-state index contributed by atoms with van der Waals surface area (Å²) in [6.45, 7) is 6.13. The van der Waals surface area contributed by atoms with Gasteiger partial charge in [0.15, 0.2) is 11.5 Å². The molecule has 1 aromatic carbocycles. The molecule has 0 saturated carbocycles. The zero-order chi connectivity index (χ0) is 14.4. The Hall–Kier alpha value is -1.22. The summed E-state index contributed by atoms with van der Waals surface area (Å²) < 4.78 is 11.9. The number of ether oxygens (including phenoxy) is 2. The summed E-state index contributed by atoms with van der Waals surface area (Å²) >= 11 is 0. The number of rotatable bonds is 8. The molecule has 1 aromatic rings. The summed E-state index contributed by atoms with van der Waals surface area (Å²) in [5.74, 6) is 1.86. The molecule has 20 heavy (non-hydrogen) atoms. The highest BCUT2D eigenvalue weighted by Crippen LogP contribution is 2.41. The van der Waals surface area contributed by atoms with Gasteiger partial charge in [0.2, 0.25) is 0 Å². The molecular weight excluding hydrogens is 250 g/mol. The van der Waals surface area contributed by atoms with Crippen LogP contribution in [-0.4, -0.2) is 25.8 Å². The van der Waals surface area contributed by atoms with E-state index in [0.717, 1.165) is 37.5 Å². The molecule has 0 aliphatic carbocycles. The van der Waals surface area contributed by atoms with E-state index in [2.05, 4.69) is 31.3 Å². The van der Waals surface area contributed by atoms with Gasteiger partial charge in [-0.05, 0) is 46.3 Å². The van der Waals surface area contributed by atoms with Gasteiger partial charge in [-0.2, -0.15) is 0 Å². The van der Waals surface area contributed by atoms with Crippen LogP contribution in [0.1, 0.15) is 45.1 Å². The highest BCUT2D eigenvalue weighted by Gasteiger charge is 2.32. The number of nitrogens with one attached hydrogen (secondary N) is 1. The molecule has 2 rings (SSSR count). The van der Waals surface area contributed by atoms with Crippen LogP contribution in [0.5, 0.6) is 11.5 Å². The first kappa shape index (κ1) is 15.2. The summed E-state index contributed by atoms with van der Waals surface area (Å²) in [6.07, 6.45) is 5.80. The summed E-state index contributed by atoms with van der Waals surface area (Å²) in [7, 11) is 2.00. The molecule has 0 amide bonds. The molecule has 0 saturated heterocycles. The van der Waals surface area contributed by atoms with Crippen molar-refractivity contribution in [3.8, 4) is 11.5 Å². The van der Waals surface area contributed by atoms with Crippen molar-refractivity contribution in [1.29, 1.82) is 0 Å². The predicted octanol–water partition coefficient (Wildman–Crippen LogP) is 3.56. The fraction of sp³-hybridized carbons (Fsp3) is 0.647. The zero-order valence-electron chi connectivity index (χ0n) is 13.0. The summed E-state index contributed by atoms with van der Waals surface area (Å²) in [5, 5.41) is 3.17. The number of hydrogen-bond donors (Lipinski definition) is 1. The standard InChI is InChI=1S/C17H27NO2/c1-17(2)13-14-9-8-10-15(16(14)20-17)19-12-7-5-4-6-11-18-3/h8-10,18H,4-7,11-13H2,1-3H3. The van der Waals surface area contributed by atoms with Crippen LogP contribution >= 0.6 is 0 Å². The molecule has 0 spiro atoms. The Kier molecular flexibility index (Phi) is 5.30. The van der Waals surface area contributed by atoms with Crippen molar-refractivity contribution in [3.63, 3.8) is 0 Å². The van der Waals surface area contributed by atoms with Gasteiger partial charge in [-0.15, -0.1) is 0 Å². The minimum Gasteiger partial charge on any atom is -0.490 e. The second-order valence-corrected chi connectivity index (χ2v) is 6.15. The molecule has 0 radical (unpaired) electrons. The lowest BCUT2D eigenvalue weighted by molar-refractivity contribution is 0.132. The van der Waals surface area contributed by atoms with Crippen LogP contribution in [0.3, 0.4) is 0 Å². The predicted molar refractivity (Wildman–Crippen MR) is 82.7 cm³/mol. The number of unbranched alkanes of at least 4 members (excludes halogenated alkanes) is 3. The van der Waals surface area contributed by atoms with Crippen LogP contribution in [0.4, 0.5) is 0 Å². The van der Waals surface area contributed by atoms with Crippen molar-refractivity contribution < 1.29 is 9.47 Å². The Balaban J connectivity index is 1.76. The fourth-order valence-electron chi connectivity index (χ4n) is 2.64. The summed E-state index contributed by atoms with van der Waals surface area (Å²) in [6, 6.07) is 6.21. The summed E-state index contributed by atoms with van der Waals surface area (Å²) in [4.78, 5) is 0. The average Bonchev–Trinajstić information content (AvgIpc) is 2.72. The first-order valence-electron chi connectivity index (χ1n) is 7.71. The van der Waals surface area contributed by atoms with E-state index in [-0.39, 0.29) is 5.60 Å². The van der Waals surface area contributed by atoms with Crippen molar-refractivity contribution in [2.45, 2.75) is 51.6 Å². The lowest BCUT2D eigenvalue weighted by atomic mass is 10.0. The quantitative estimate of drug-likeness (QED) is 0.737. The molecule has 0 fully saturated rings. The topological polar surface area (TPSA) is 30.5 Å². The van der Waals surface area contributed by atoms with E-state index in [0.29, 0.717) is 0 Å². The number of benzene rings is 1. The Morgan fingerprint density at radius 2 is 2.00 bits per heavy atom. The zero-order valence-corrected chi connectivity index (χ0v) is 13.0. The van der Waals surface area contributed by atoms with E-state index < -0.39 is 0 Å². The maximum Gasteiger partial charge on any atom is 0.165 e. The Morgan fingerprint density at radius 3 is 2.80 bits per heavy atom. The second kappa shape index (κ2) is 6.98. The molecule has 1 aliphatic heterocycles. The molecule has 0 bridgehead atoms. The van der Waals surface area contributed by atoms with Gasteiger partial charge in [0.05, 0.1) is 6.61 Å². The molecule has 0 atom stereocenters. The maximum atomic E-state index is 6.00. The van der Waals surface area contributed by atoms with Crippen LogP contribution in [-0.2, 0) is 6.42 Å². The van der Waals surface area contributed by atoms with Crippen molar-refractivity contribution in [2.75, 3.05) is 20.2 Å². The SMILES string of the molecule is CNCCCCCCOc1cccc2c1OC(C)(C)C2. The van der Waals surface area contributed by atoms with Gasteiger partial charge < -0.3 is 14.8 Å². The van der Waals surface area contributed by atoms with Gasteiger partial charge in [0.1, 0.15) is 5.60 Å². The van der Waals surface area contributed by atoms with Gasteiger partial charge in [-0.25, -0.2) is 0 Å². The van der Waals surface area contributed by atoms with Gasteiger partial charge in [0, 0.05) is 12.0 Å². The van der Waals surface area contributed by atoms with Crippen molar-refractivity contribution >= 4 is 0 Å². The number of hydrogen-bond acceptors (Lipinski definition) is 3. The van der Waals surface area contributed by atoms with E-state index in [1.165, 1.54) is 24.8 Å². The molecule has 1 heterocycles. The Morgan fingerprint density at radius 1 is 1.20 bits per heavy atom. The molecule has 0 aromatic heterocycles. The van der Waals surface area contributed by atoms with E-state index in [9.17, 15) is 0 Å². The minimum absolute atomic E-state index is 0.102. The smallest absolute Gasteiger partial charge is 0.165 e. The average molecular weight is 277 g/mol. The fourth-order valence-corrected chi connectivity index (χ4v) is 2.64. The normalized spacial score (nSPS) is 15.8. The van der Waals surface area contributed by atoms with Gasteiger partial charge >= 0.3 is 0 Å². The lowest BCUT2D eigenvalue weighted by Gasteiger charge is -2.18. The van der Waals surface area contributed by atoms with Crippen molar-refractivity contribution in [3.05, 3.63) is 23.8 Å².